The number of hydrogen-bond donors (Lipinski definition) is 3. The Morgan fingerprint density at radius 3 is 2.50 bits per heavy atom. The van der Waals surface area contributed by atoms with E-state index in [1.807, 2.05) is 12.3 Å². The van der Waals surface area contributed by atoms with E-state index in [1.165, 1.54) is 11.8 Å². The van der Waals surface area contributed by atoms with Crippen molar-refractivity contribution in [2.24, 2.45) is 0 Å². The Labute approximate surface area is 132 Å². The third kappa shape index (κ3) is 5.73. The molecular weight excluding hydrogens is 302 g/mol. The van der Waals surface area contributed by atoms with Gasteiger partial charge < -0.3 is 16.0 Å². The summed E-state index contributed by atoms with van der Waals surface area (Å²) in [7, 11) is 0. The Bertz CT molecular complexity index is 603. The molecule has 8 heteroatoms. The van der Waals surface area contributed by atoms with E-state index in [4.69, 9.17) is 10.5 Å². The van der Waals surface area contributed by atoms with E-state index < -0.39 is 18.0 Å². The second kappa shape index (κ2) is 9.27. The summed E-state index contributed by atoms with van der Waals surface area (Å²) in [5.41, 5.74) is 0.999. The van der Waals surface area contributed by atoms with Gasteiger partial charge in [-0.1, -0.05) is 0 Å². The fourth-order valence-corrected chi connectivity index (χ4v) is 2.12. The molecule has 0 fully saturated rings. The molecule has 1 aromatic rings. The number of nitrogens with one attached hydrogen (secondary N) is 3. The molecule has 0 aliphatic carbocycles. The van der Waals surface area contributed by atoms with E-state index in [-0.39, 0.29) is 6.54 Å². The first-order valence-electron chi connectivity index (χ1n) is 6.32. The van der Waals surface area contributed by atoms with Crippen LogP contribution in [-0.2, 0) is 4.79 Å². The molecule has 7 nitrogen and oxygen atoms in total. The third-order valence-corrected chi connectivity index (χ3v) is 3.24. The highest BCUT2D eigenvalue weighted by Gasteiger charge is 2.19. The molecule has 0 heterocycles. The first-order valence-corrected chi connectivity index (χ1v) is 7.71. The lowest BCUT2D eigenvalue weighted by atomic mass is 10.2. The van der Waals surface area contributed by atoms with Gasteiger partial charge in [-0.05, 0) is 30.5 Å². The van der Waals surface area contributed by atoms with Crippen LogP contribution in [0.25, 0.3) is 0 Å². The monoisotopic (exact) mass is 317 g/mol. The summed E-state index contributed by atoms with van der Waals surface area (Å²) in [5, 5.41) is 24.7. The minimum atomic E-state index is -0.735. The molecule has 1 atom stereocenters. The Morgan fingerprint density at radius 2 is 1.95 bits per heavy atom. The summed E-state index contributed by atoms with van der Waals surface area (Å²) in [6.45, 7) is -0.108. The number of carbonyl (C=O) groups is 2. The lowest BCUT2D eigenvalue weighted by molar-refractivity contribution is -0.122. The standard InChI is InChI=1S/C14H15N5O2S/c1-22-9-12(13(20)17-7-6-15)19-14(21)18-11-4-2-10(8-16)3-5-11/h2-5,12H,7,9H2,1H3,(H,17,20)(H2,18,19,21). The average Bonchev–Trinajstić information content (AvgIpc) is 2.52. The molecule has 1 unspecified atom stereocenters. The number of carbonyl (C=O) groups excluding carboxylic acids is 2. The largest absolute Gasteiger partial charge is 0.341 e. The van der Waals surface area contributed by atoms with Crippen molar-refractivity contribution in [2.45, 2.75) is 6.04 Å². The van der Waals surface area contributed by atoms with Crippen LogP contribution in [0.4, 0.5) is 10.5 Å². The fraction of sp³-hybridized carbons (Fsp3) is 0.286. The van der Waals surface area contributed by atoms with Crippen molar-refractivity contribution in [1.82, 2.24) is 10.6 Å². The second-order valence-corrected chi connectivity index (χ2v) is 5.08. The van der Waals surface area contributed by atoms with E-state index in [0.717, 1.165) is 0 Å². The van der Waals surface area contributed by atoms with E-state index >= 15 is 0 Å². The molecule has 114 valence electrons. The molecule has 0 bridgehead atoms. The first kappa shape index (κ1) is 17.3. The van der Waals surface area contributed by atoms with Crippen molar-refractivity contribution in [3.63, 3.8) is 0 Å². The van der Waals surface area contributed by atoms with Gasteiger partial charge in [0.25, 0.3) is 0 Å². The van der Waals surface area contributed by atoms with Gasteiger partial charge in [0.05, 0.1) is 17.7 Å². The van der Waals surface area contributed by atoms with Crippen molar-refractivity contribution in [2.75, 3.05) is 23.9 Å². The number of hydrogen-bond acceptors (Lipinski definition) is 5. The zero-order chi connectivity index (χ0) is 16.4. The van der Waals surface area contributed by atoms with Gasteiger partial charge in [0.2, 0.25) is 5.91 Å². The van der Waals surface area contributed by atoms with Crippen LogP contribution in [0.2, 0.25) is 0 Å². The summed E-state index contributed by atoms with van der Waals surface area (Å²) in [4.78, 5) is 23.7. The van der Waals surface area contributed by atoms with Crippen molar-refractivity contribution in [3.05, 3.63) is 29.8 Å². The normalized spacial score (nSPS) is 10.7. The van der Waals surface area contributed by atoms with Crippen LogP contribution in [0.15, 0.2) is 24.3 Å². The average molecular weight is 317 g/mol. The summed E-state index contributed by atoms with van der Waals surface area (Å²) < 4.78 is 0. The Morgan fingerprint density at radius 1 is 1.27 bits per heavy atom. The van der Waals surface area contributed by atoms with Gasteiger partial charge in [0, 0.05) is 11.4 Å². The molecule has 0 radical (unpaired) electrons. The van der Waals surface area contributed by atoms with Crippen LogP contribution in [0.1, 0.15) is 5.56 Å². The number of nitrogens with zero attached hydrogens (tertiary/aromatic N) is 2. The third-order valence-electron chi connectivity index (χ3n) is 2.57. The molecule has 0 saturated carbocycles. The summed E-state index contributed by atoms with van der Waals surface area (Å²) in [5.74, 6) is -0.0243. The number of urea groups is 1. The van der Waals surface area contributed by atoms with Crippen molar-refractivity contribution < 1.29 is 9.59 Å². The number of rotatable bonds is 6. The topological polar surface area (TPSA) is 118 Å². The Balaban J connectivity index is 2.60. The smallest absolute Gasteiger partial charge is 0.319 e. The molecule has 0 saturated heterocycles. The van der Waals surface area contributed by atoms with Gasteiger partial charge in [-0.25, -0.2) is 4.79 Å². The Kier molecular flexibility index (Phi) is 7.31. The van der Waals surface area contributed by atoms with Gasteiger partial charge >= 0.3 is 6.03 Å². The van der Waals surface area contributed by atoms with Crippen LogP contribution in [0.3, 0.4) is 0 Å². The molecule has 1 aromatic carbocycles. The van der Waals surface area contributed by atoms with Gasteiger partial charge in [-0.3, -0.25) is 4.79 Å². The summed E-state index contributed by atoms with van der Waals surface area (Å²) in [6.07, 6.45) is 1.81. The zero-order valence-electron chi connectivity index (χ0n) is 11.9. The zero-order valence-corrected chi connectivity index (χ0v) is 12.7. The summed E-state index contributed by atoms with van der Waals surface area (Å²) >= 11 is 1.40. The van der Waals surface area contributed by atoms with Crippen molar-refractivity contribution in [3.8, 4) is 12.1 Å². The van der Waals surface area contributed by atoms with Crippen molar-refractivity contribution in [1.29, 1.82) is 10.5 Å². The highest BCUT2D eigenvalue weighted by Crippen LogP contribution is 2.08. The maximum absolute atomic E-state index is 11.9. The molecule has 3 amide bonds. The van der Waals surface area contributed by atoms with E-state index in [2.05, 4.69) is 16.0 Å². The lowest BCUT2D eigenvalue weighted by Crippen LogP contribution is -2.49. The predicted octanol–water partition coefficient (Wildman–Crippen LogP) is 1.05. The van der Waals surface area contributed by atoms with Crippen LogP contribution >= 0.6 is 11.8 Å². The van der Waals surface area contributed by atoms with Gasteiger partial charge in [-0.2, -0.15) is 22.3 Å². The molecule has 3 N–H and O–H groups in total. The fourth-order valence-electron chi connectivity index (χ4n) is 1.55. The molecule has 0 spiro atoms. The molecule has 0 aliphatic rings. The number of nitriles is 2. The van der Waals surface area contributed by atoms with Crippen LogP contribution in [-0.4, -0.2) is 36.5 Å². The predicted molar refractivity (Wildman–Crippen MR) is 84.1 cm³/mol. The lowest BCUT2D eigenvalue weighted by Gasteiger charge is -2.17. The van der Waals surface area contributed by atoms with Gasteiger partial charge in [-0.15, -0.1) is 0 Å². The number of thioether (sulfide) groups is 1. The maximum Gasteiger partial charge on any atom is 0.319 e. The van der Waals surface area contributed by atoms with Crippen LogP contribution in [0, 0.1) is 22.7 Å². The molecule has 22 heavy (non-hydrogen) atoms. The summed E-state index contributed by atoms with van der Waals surface area (Å²) in [6, 6.07) is 8.87. The number of anilines is 1. The highest BCUT2D eigenvalue weighted by atomic mass is 32.2. The quantitative estimate of drug-likeness (QED) is 0.678. The SMILES string of the molecule is CSCC(NC(=O)Nc1ccc(C#N)cc1)C(=O)NCC#N. The van der Waals surface area contributed by atoms with Crippen molar-refractivity contribution >= 4 is 29.4 Å². The molecule has 0 aliphatic heterocycles. The highest BCUT2D eigenvalue weighted by molar-refractivity contribution is 7.98. The number of amides is 3. The van der Waals surface area contributed by atoms with E-state index in [0.29, 0.717) is 17.0 Å². The molecule has 1 rings (SSSR count). The van der Waals surface area contributed by atoms with Gasteiger partial charge in [0.1, 0.15) is 12.6 Å². The first-order chi connectivity index (χ1) is 10.6. The Hall–Kier alpha value is -2.71. The van der Waals surface area contributed by atoms with Crippen LogP contribution < -0.4 is 16.0 Å². The molecule has 0 aromatic heterocycles. The van der Waals surface area contributed by atoms with E-state index in [9.17, 15) is 9.59 Å². The maximum atomic E-state index is 11.9. The number of benzene rings is 1. The molecular formula is C14H15N5O2S. The van der Waals surface area contributed by atoms with Gasteiger partial charge in [0.15, 0.2) is 0 Å². The minimum Gasteiger partial charge on any atom is -0.341 e. The second-order valence-electron chi connectivity index (χ2n) is 4.17. The van der Waals surface area contributed by atoms with E-state index in [1.54, 1.807) is 30.3 Å². The van der Waals surface area contributed by atoms with Crippen LogP contribution in [0.5, 0.6) is 0 Å². The minimum absolute atomic E-state index is 0.108.